The summed E-state index contributed by atoms with van der Waals surface area (Å²) in [7, 11) is 2.18. The lowest BCUT2D eigenvalue weighted by Gasteiger charge is -2.29. The first-order valence-electron chi connectivity index (χ1n) is 8.75. The maximum Gasteiger partial charge on any atom is 0.121 e. The zero-order chi connectivity index (χ0) is 16.7. The Morgan fingerprint density at radius 3 is 2.67 bits per heavy atom. The van der Waals surface area contributed by atoms with E-state index >= 15 is 0 Å². The average Bonchev–Trinajstić information content (AvgIpc) is 2.72. The number of hydrogen-bond acceptors (Lipinski definition) is 3. The second kappa shape index (κ2) is 6.47. The molecule has 1 fully saturated rings. The van der Waals surface area contributed by atoms with Gasteiger partial charge in [0.2, 0.25) is 0 Å². The normalized spacial score (nSPS) is 21.9. The van der Waals surface area contributed by atoms with Crippen molar-refractivity contribution in [1.29, 1.82) is 0 Å². The van der Waals surface area contributed by atoms with Crippen LogP contribution >= 0.6 is 11.6 Å². The lowest BCUT2D eigenvalue weighted by Crippen LogP contribution is -2.29. The highest BCUT2D eigenvalue weighted by molar-refractivity contribution is 6.30. The fourth-order valence-corrected chi connectivity index (χ4v) is 4.22. The van der Waals surface area contributed by atoms with Gasteiger partial charge in [-0.25, -0.2) is 0 Å². The Bertz CT molecular complexity index is 753. The Morgan fingerprint density at radius 1 is 1.12 bits per heavy atom. The van der Waals surface area contributed by atoms with Crippen molar-refractivity contribution in [3.63, 3.8) is 0 Å². The number of likely N-dealkylation sites (tertiary alicyclic amines) is 1. The van der Waals surface area contributed by atoms with Gasteiger partial charge < -0.3 is 10.0 Å². The zero-order valence-electron chi connectivity index (χ0n) is 14.0. The molecular weight excluding hydrogens is 320 g/mol. The molecule has 1 aliphatic heterocycles. The number of aromatic nitrogens is 1. The van der Waals surface area contributed by atoms with E-state index in [1.165, 1.54) is 24.0 Å². The summed E-state index contributed by atoms with van der Waals surface area (Å²) in [6.07, 6.45) is 5.52. The van der Waals surface area contributed by atoms with Gasteiger partial charge in [-0.2, -0.15) is 0 Å². The smallest absolute Gasteiger partial charge is 0.121 e. The quantitative estimate of drug-likeness (QED) is 0.858. The van der Waals surface area contributed by atoms with Crippen LogP contribution in [0.1, 0.15) is 52.8 Å². The van der Waals surface area contributed by atoms with E-state index in [4.69, 9.17) is 11.6 Å². The molecule has 0 spiro atoms. The number of nitrogens with zero attached hydrogens (tertiary/aromatic N) is 2. The monoisotopic (exact) mass is 342 g/mol. The molecule has 4 heteroatoms. The molecule has 0 bridgehead atoms. The van der Waals surface area contributed by atoms with Gasteiger partial charge >= 0.3 is 0 Å². The summed E-state index contributed by atoms with van der Waals surface area (Å²) in [5.74, 6) is 0.594. The fourth-order valence-electron chi connectivity index (χ4n) is 4.03. The van der Waals surface area contributed by atoms with Crippen LogP contribution in [0.4, 0.5) is 0 Å². The molecule has 1 atom stereocenters. The molecule has 2 heterocycles. The van der Waals surface area contributed by atoms with Crippen molar-refractivity contribution >= 4 is 11.6 Å². The summed E-state index contributed by atoms with van der Waals surface area (Å²) in [5, 5.41) is 11.5. The van der Waals surface area contributed by atoms with Gasteiger partial charge in [0, 0.05) is 11.2 Å². The molecule has 3 nitrogen and oxygen atoms in total. The molecule has 2 aliphatic rings. The van der Waals surface area contributed by atoms with Crippen LogP contribution < -0.4 is 0 Å². The van der Waals surface area contributed by atoms with Crippen LogP contribution in [0.5, 0.6) is 0 Å². The highest BCUT2D eigenvalue weighted by atomic mass is 35.5. The van der Waals surface area contributed by atoms with Gasteiger partial charge in [-0.15, -0.1) is 0 Å². The average molecular weight is 343 g/mol. The van der Waals surface area contributed by atoms with Gasteiger partial charge in [-0.3, -0.25) is 4.98 Å². The predicted molar refractivity (Wildman–Crippen MR) is 96.6 cm³/mol. The summed E-state index contributed by atoms with van der Waals surface area (Å²) in [6, 6.07) is 8.05. The largest absolute Gasteiger partial charge is 0.382 e. The van der Waals surface area contributed by atoms with Gasteiger partial charge in [0.15, 0.2) is 0 Å². The topological polar surface area (TPSA) is 36.4 Å². The van der Waals surface area contributed by atoms with Gasteiger partial charge in [0.25, 0.3) is 0 Å². The number of rotatable bonds is 1. The molecule has 1 saturated heterocycles. The molecule has 24 heavy (non-hydrogen) atoms. The van der Waals surface area contributed by atoms with E-state index in [2.05, 4.69) is 23.0 Å². The Morgan fingerprint density at radius 2 is 1.88 bits per heavy atom. The third kappa shape index (κ3) is 2.97. The predicted octanol–water partition coefficient (Wildman–Crippen LogP) is 3.72. The van der Waals surface area contributed by atoms with Gasteiger partial charge in [0.1, 0.15) is 6.10 Å². The van der Waals surface area contributed by atoms with E-state index in [-0.39, 0.29) is 0 Å². The number of halogens is 1. The zero-order valence-corrected chi connectivity index (χ0v) is 14.8. The number of pyridine rings is 1. The first-order valence-corrected chi connectivity index (χ1v) is 9.13. The van der Waals surface area contributed by atoms with Crippen molar-refractivity contribution in [3.8, 4) is 0 Å². The van der Waals surface area contributed by atoms with Gasteiger partial charge in [0.05, 0.1) is 5.69 Å². The number of piperidine rings is 1. The minimum atomic E-state index is -0.652. The maximum atomic E-state index is 10.8. The lowest BCUT2D eigenvalue weighted by molar-refractivity contribution is 0.214. The number of aliphatic hydroxyl groups is 1. The summed E-state index contributed by atoms with van der Waals surface area (Å²) in [4.78, 5) is 7.07. The van der Waals surface area contributed by atoms with Crippen LogP contribution in [0.3, 0.4) is 0 Å². The molecule has 1 aliphatic carbocycles. The van der Waals surface area contributed by atoms with Crippen molar-refractivity contribution in [2.24, 2.45) is 0 Å². The van der Waals surface area contributed by atoms with E-state index < -0.39 is 6.10 Å². The summed E-state index contributed by atoms with van der Waals surface area (Å²) < 4.78 is 0. The first kappa shape index (κ1) is 16.1. The molecule has 0 saturated carbocycles. The lowest BCUT2D eigenvalue weighted by atomic mass is 9.89. The highest BCUT2D eigenvalue weighted by Crippen LogP contribution is 2.35. The van der Waals surface area contributed by atoms with Crippen molar-refractivity contribution in [2.75, 3.05) is 20.1 Å². The SMILES string of the molecule is CN1CCC(c2cnc3c(c2)CCc2cc(Cl)ccc2C3O)CC1. The third-order valence-corrected chi connectivity index (χ3v) is 5.77. The second-order valence-electron chi connectivity index (χ2n) is 7.14. The molecule has 2 aromatic rings. The Kier molecular flexibility index (Phi) is 4.33. The van der Waals surface area contributed by atoms with Gasteiger partial charge in [-0.1, -0.05) is 23.7 Å². The minimum absolute atomic E-state index is 0.594. The van der Waals surface area contributed by atoms with Crippen molar-refractivity contribution < 1.29 is 5.11 Å². The van der Waals surface area contributed by atoms with Crippen LogP contribution in [0.2, 0.25) is 5.02 Å². The van der Waals surface area contributed by atoms with Crippen LogP contribution in [0.15, 0.2) is 30.5 Å². The van der Waals surface area contributed by atoms with E-state index in [0.717, 1.165) is 47.8 Å². The molecule has 1 N–H and O–H groups in total. The number of aryl methyl sites for hydroxylation is 2. The number of hydrogen-bond donors (Lipinski definition) is 1. The van der Waals surface area contributed by atoms with E-state index in [0.29, 0.717) is 5.92 Å². The molecule has 126 valence electrons. The summed E-state index contributed by atoms with van der Waals surface area (Å²) >= 11 is 6.13. The first-order chi connectivity index (χ1) is 11.6. The fraction of sp³-hybridized carbons (Fsp3) is 0.450. The Balaban J connectivity index is 1.66. The summed E-state index contributed by atoms with van der Waals surface area (Å²) in [6.45, 7) is 2.29. The number of fused-ring (bicyclic) bond motifs is 2. The highest BCUT2D eigenvalue weighted by Gasteiger charge is 2.25. The van der Waals surface area contributed by atoms with Crippen LogP contribution in [-0.2, 0) is 12.8 Å². The number of benzene rings is 1. The van der Waals surface area contributed by atoms with E-state index in [9.17, 15) is 5.11 Å². The molecular formula is C20H23ClN2O. The molecule has 0 amide bonds. The molecule has 4 rings (SSSR count). The number of aliphatic hydroxyl groups excluding tert-OH is 1. The third-order valence-electron chi connectivity index (χ3n) is 5.53. The molecule has 1 aromatic carbocycles. The standard InChI is InChI=1S/C20H23ClN2O/c1-23-8-6-13(7-9-23)16-10-15-3-2-14-11-17(21)4-5-18(14)20(24)19(15)22-12-16/h4-5,10-13,20,24H,2-3,6-9H2,1H3. The molecule has 1 unspecified atom stereocenters. The van der Waals surface area contributed by atoms with Crippen LogP contribution in [0, 0.1) is 0 Å². The molecule has 0 radical (unpaired) electrons. The maximum absolute atomic E-state index is 10.8. The van der Waals surface area contributed by atoms with E-state index in [1.54, 1.807) is 0 Å². The Hall–Kier alpha value is -1.42. The van der Waals surface area contributed by atoms with Crippen LogP contribution in [-0.4, -0.2) is 35.1 Å². The molecule has 1 aromatic heterocycles. The van der Waals surface area contributed by atoms with E-state index in [1.807, 2.05) is 24.4 Å². The van der Waals surface area contributed by atoms with Crippen molar-refractivity contribution in [1.82, 2.24) is 9.88 Å². The van der Waals surface area contributed by atoms with Crippen LogP contribution in [0.25, 0.3) is 0 Å². The van der Waals surface area contributed by atoms with Gasteiger partial charge in [-0.05, 0) is 86.1 Å². The minimum Gasteiger partial charge on any atom is -0.382 e. The van der Waals surface area contributed by atoms with Crippen molar-refractivity contribution in [3.05, 3.63) is 63.4 Å². The second-order valence-corrected chi connectivity index (χ2v) is 7.57. The Labute approximate surface area is 148 Å². The van der Waals surface area contributed by atoms with Crippen molar-refractivity contribution in [2.45, 2.75) is 37.7 Å². The summed E-state index contributed by atoms with van der Waals surface area (Å²) in [5.41, 5.74) is 5.41.